The number of hydrogen-bond donors (Lipinski definition) is 2. The molecule has 1 aliphatic rings. The van der Waals surface area contributed by atoms with E-state index in [1.807, 2.05) is 24.3 Å². The molecule has 20 heavy (non-hydrogen) atoms. The molecule has 1 aromatic carbocycles. The summed E-state index contributed by atoms with van der Waals surface area (Å²) in [6.45, 7) is 1.03. The van der Waals surface area contributed by atoms with Gasteiger partial charge in [-0.15, -0.1) is 0 Å². The van der Waals surface area contributed by atoms with Gasteiger partial charge in [-0.2, -0.15) is 0 Å². The molecule has 1 saturated carbocycles. The maximum atomic E-state index is 11.9. The zero-order valence-electron chi connectivity index (χ0n) is 11.8. The van der Waals surface area contributed by atoms with Crippen LogP contribution in [0.25, 0.3) is 0 Å². The Morgan fingerprint density at radius 3 is 2.75 bits per heavy atom. The van der Waals surface area contributed by atoms with Gasteiger partial charge in [0, 0.05) is 18.2 Å². The van der Waals surface area contributed by atoms with Gasteiger partial charge in [-0.25, -0.2) is 13.1 Å². The highest BCUT2D eigenvalue weighted by atomic mass is 32.2. The SMILES string of the molecule is COc1ccccc1CNS(=O)(=O)CCCNC1CC1. The van der Waals surface area contributed by atoms with Crippen molar-refractivity contribution in [3.05, 3.63) is 29.8 Å². The van der Waals surface area contributed by atoms with Gasteiger partial charge in [-0.05, 0) is 31.9 Å². The summed E-state index contributed by atoms with van der Waals surface area (Å²) in [7, 11) is -1.65. The average Bonchev–Trinajstić information content (AvgIpc) is 3.26. The van der Waals surface area contributed by atoms with Crippen LogP contribution in [-0.4, -0.2) is 33.9 Å². The van der Waals surface area contributed by atoms with E-state index in [1.54, 1.807) is 7.11 Å². The number of hydrogen-bond acceptors (Lipinski definition) is 4. The Morgan fingerprint density at radius 2 is 2.05 bits per heavy atom. The third-order valence-corrected chi connectivity index (χ3v) is 4.69. The van der Waals surface area contributed by atoms with E-state index in [-0.39, 0.29) is 12.3 Å². The minimum Gasteiger partial charge on any atom is -0.496 e. The molecule has 0 unspecified atom stereocenters. The minimum atomic E-state index is -3.23. The molecule has 0 saturated heterocycles. The van der Waals surface area contributed by atoms with Gasteiger partial charge < -0.3 is 10.1 Å². The lowest BCUT2D eigenvalue weighted by molar-refractivity contribution is 0.409. The van der Waals surface area contributed by atoms with E-state index < -0.39 is 10.0 Å². The fourth-order valence-corrected chi connectivity index (χ4v) is 3.01. The third kappa shape index (κ3) is 5.11. The summed E-state index contributed by atoms with van der Waals surface area (Å²) < 4.78 is 31.6. The summed E-state index contributed by atoms with van der Waals surface area (Å²) in [6.07, 6.45) is 3.08. The van der Waals surface area contributed by atoms with Crippen LogP contribution in [0, 0.1) is 0 Å². The van der Waals surface area contributed by atoms with Crippen LogP contribution in [0.3, 0.4) is 0 Å². The lowest BCUT2D eigenvalue weighted by Crippen LogP contribution is -2.28. The Kier molecular flexibility index (Phi) is 5.39. The van der Waals surface area contributed by atoms with E-state index in [0.29, 0.717) is 18.2 Å². The van der Waals surface area contributed by atoms with E-state index in [9.17, 15) is 8.42 Å². The van der Waals surface area contributed by atoms with Crippen LogP contribution in [0.5, 0.6) is 5.75 Å². The smallest absolute Gasteiger partial charge is 0.211 e. The van der Waals surface area contributed by atoms with Crippen LogP contribution >= 0.6 is 0 Å². The summed E-state index contributed by atoms with van der Waals surface area (Å²) in [5.74, 6) is 0.854. The van der Waals surface area contributed by atoms with Crippen molar-refractivity contribution in [1.82, 2.24) is 10.0 Å². The van der Waals surface area contributed by atoms with Crippen LogP contribution in [0.2, 0.25) is 0 Å². The van der Waals surface area contributed by atoms with Crippen molar-refractivity contribution in [3.63, 3.8) is 0 Å². The zero-order chi connectivity index (χ0) is 14.4. The van der Waals surface area contributed by atoms with E-state index in [0.717, 1.165) is 12.1 Å². The van der Waals surface area contributed by atoms with Crippen LogP contribution in [0.4, 0.5) is 0 Å². The molecule has 0 atom stereocenters. The largest absolute Gasteiger partial charge is 0.496 e. The van der Waals surface area contributed by atoms with Crippen LogP contribution in [-0.2, 0) is 16.6 Å². The predicted molar refractivity (Wildman–Crippen MR) is 79.3 cm³/mol. The van der Waals surface area contributed by atoms with Gasteiger partial charge in [-0.3, -0.25) is 0 Å². The van der Waals surface area contributed by atoms with E-state index in [2.05, 4.69) is 10.0 Å². The molecule has 2 N–H and O–H groups in total. The molecule has 1 aliphatic carbocycles. The van der Waals surface area contributed by atoms with Gasteiger partial charge in [0.25, 0.3) is 0 Å². The molecule has 1 aromatic rings. The Morgan fingerprint density at radius 1 is 1.30 bits per heavy atom. The first-order valence-electron chi connectivity index (χ1n) is 6.93. The monoisotopic (exact) mass is 298 g/mol. The van der Waals surface area contributed by atoms with E-state index in [4.69, 9.17) is 4.74 Å². The number of methoxy groups -OCH3 is 1. The normalized spacial score (nSPS) is 15.2. The number of rotatable bonds is 9. The molecule has 0 amide bonds. The second-order valence-electron chi connectivity index (χ2n) is 5.03. The predicted octanol–water partition coefficient (Wildman–Crippen LogP) is 1.26. The van der Waals surface area contributed by atoms with Gasteiger partial charge in [0.1, 0.15) is 5.75 Å². The molecule has 0 aromatic heterocycles. The van der Waals surface area contributed by atoms with Gasteiger partial charge in [0.15, 0.2) is 0 Å². The molecular weight excluding hydrogens is 276 g/mol. The van der Waals surface area contributed by atoms with Crippen LogP contribution < -0.4 is 14.8 Å². The van der Waals surface area contributed by atoms with Crippen molar-refractivity contribution < 1.29 is 13.2 Å². The van der Waals surface area contributed by atoms with Crippen molar-refractivity contribution in [2.75, 3.05) is 19.4 Å². The standard InChI is InChI=1S/C14H22N2O3S/c1-19-14-6-3-2-5-12(14)11-16-20(17,18)10-4-9-15-13-7-8-13/h2-3,5-6,13,15-16H,4,7-11H2,1H3. The molecule has 0 spiro atoms. The molecule has 0 heterocycles. The fraction of sp³-hybridized carbons (Fsp3) is 0.571. The highest BCUT2D eigenvalue weighted by molar-refractivity contribution is 7.89. The lowest BCUT2D eigenvalue weighted by Gasteiger charge is -2.10. The topological polar surface area (TPSA) is 67.4 Å². The summed E-state index contributed by atoms with van der Waals surface area (Å²) in [5.41, 5.74) is 0.842. The number of para-hydroxylation sites is 1. The first kappa shape index (κ1) is 15.3. The van der Waals surface area contributed by atoms with Crippen molar-refractivity contribution >= 4 is 10.0 Å². The number of benzene rings is 1. The van der Waals surface area contributed by atoms with E-state index in [1.165, 1.54) is 12.8 Å². The van der Waals surface area contributed by atoms with Crippen molar-refractivity contribution in [2.24, 2.45) is 0 Å². The lowest BCUT2D eigenvalue weighted by atomic mass is 10.2. The Balaban J connectivity index is 1.75. The number of ether oxygens (including phenoxy) is 1. The first-order valence-corrected chi connectivity index (χ1v) is 8.58. The summed E-state index contributed by atoms with van der Waals surface area (Å²) in [6, 6.07) is 8.03. The Bertz CT molecular complexity index is 527. The molecule has 2 rings (SSSR count). The maximum absolute atomic E-state index is 11.9. The van der Waals surface area contributed by atoms with Gasteiger partial charge in [-0.1, -0.05) is 18.2 Å². The molecule has 0 aliphatic heterocycles. The molecule has 0 bridgehead atoms. The molecular formula is C14H22N2O3S. The fourth-order valence-electron chi connectivity index (χ4n) is 1.96. The van der Waals surface area contributed by atoms with E-state index >= 15 is 0 Å². The Labute approximate surface area is 120 Å². The summed E-state index contributed by atoms with van der Waals surface area (Å²) in [4.78, 5) is 0. The number of sulfonamides is 1. The molecule has 0 radical (unpaired) electrons. The zero-order valence-corrected chi connectivity index (χ0v) is 12.6. The third-order valence-electron chi connectivity index (χ3n) is 3.28. The van der Waals surface area contributed by atoms with Crippen LogP contribution in [0.1, 0.15) is 24.8 Å². The van der Waals surface area contributed by atoms with Crippen molar-refractivity contribution in [1.29, 1.82) is 0 Å². The summed E-state index contributed by atoms with van der Waals surface area (Å²) >= 11 is 0. The molecule has 5 nitrogen and oxygen atoms in total. The van der Waals surface area contributed by atoms with Crippen molar-refractivity contribution in [3.8, 4) is 5.75 Å². The van der Waals surface area contributed by atoms with Gasteiger partial charge >= 0.3 is 0 Å². The van der Waals surface area contributed by atoms with Crippen molar-refractivity contribution in [2.45, 2.75) is 31.8 Å². The number of nitrogens with one attached hydrogen (secondary N) is 2. The second kappa shape index (κ2) is 7.06. The highest BCUT2D eigenvalue weighted by Gasteiger charge is 2.20. The Hall–Kier alpha value is -1.11. The molecule has 6 heteroatoms. The van der Waals surface area contributed by atoms with Gasteiger partial charge in [0.05, 0.1) is 12.9 Å². The highest BCUT2D eigenvalue weighted by Crippen LogP contribution is 2.18. The summed E-state index contributed by atoms with van der Waals surface area (Å²) in [5, 5.41) is 3.31. The average molecular weight is 298 g/mol. The molecule has 112 valence electrons. The minimum absolute atomic E-state index is 0.155. The van der Waals surface area contributed by atoms with Crippen LogP contribution in [0.15, 0.2) is 24.3 Å². The maximum Gasteiger partial charge on any atom is 0.211 e. The molecule has 1 fully saturated rings. The quantitative estimate of drug-likeness (QED) is 0.674. The first-order chi connectivity index (χ1) is 9.61. The second-order valence-corrected chi connectivity index (χ2v) is 6.96. The van der Waals surface area contributed by atoms with Gasteiger partial charge in [0.2, 0.25) is 10.0 Å².